The van der Waals surface area contributed by atoms with E-state index in [0.29, 0.717) is 11.4 Å². The zero-order chi connectivity index (χ0) is 20.7. The molecule has 30 heavy (non-hydrogen) atoms. The Morgan fingerprint density at radius 3 is 2.67 bits per heavy atom. The first-order valence-corrected chi connectivity index (χ1v) is 9.75. The third kappa shape index (κ3) is 3.01. The second-order valence-corrected chi connectivity index (χ2v) is 7.37. The molecule has 0 saturated heterocycles. The van der Waals surface area contributed by atoms with Crippen molar-refractivity contribution in [2.45, 2.75) is 0 Å². The van der Waals surface area contributed by atoms with Crippen LogP contribution in [0.25, 0.3) is 16.5 Å². The van der Waals surface area contributed by atoms with Crippen LogP contribution in [0.15, 0.2) is 89.5 Å². The highest BCUT2D eigenvalue weighted by atomic mass is 16.2. The third-order valence-corrected chi connectivity index (χ3v) is 5.56. The molecule has 1 aliphatic carbocycles. The lowest BCUT2D eigenvalue weighted by molar-refractivity contribution is -0.119. The van der Waals surface area contributed by atoms with Gasteiger partial charge in [0.05, 0.1) is 5.92 Å². The summed E-state index contributed by atoms with van der Waals surface area (Å²) in [6, 6.07) is 17.4. The fraction of sp³-hybridized carbons (Fsp3) is 0.0800. The van der Waals surface area contributed by atoms with Crippen LogP contribution in [-0.4, -0.2) is 22.6 Å². The monoisotopic (exact) mass is 393 g/mol. The molecule has 1 aromatic heterocycles. The molecule has 0 bridgehead atoms. The van der Waals surface area contributed by atoms with Gasteiger partial charge in [-0.1, -0.05) is 54.6 Å². The molecule has 1 aliphatic heterocycles. The summed E-state index contributed by atoms with van der Waals surface area (Å²) < 4.78 is 1.89. The number of hydrogen-bond donors (Lipinski definition) is 1. The summed E-state index contributed by atoms with van der Waals surface area (Å²) in [5, 5.41) is 4.00. The van der Waals surface area contributed by atoms with Crippen LogP contribution in [0.3, 0.4) is 0 Å². The zero-order valence-corrected chi connectivity index (χ0v) is 16.4. The summed E-state index contributed by atoms with van der Waals surface area (Å²) in [7, 11) is 1.89. The van der Waals surface area contributed by atoms with E-state index in [-0.39, 0.29) is 17.7 Å². The zero-order valence-electron chi connectivity index (χ0n) is 16.4. The van der Waals surface area contributed by atoms with E-state index in [4.69, 9.17) is 0 Å². The van der Waals surface area contributed by atoms with Gasteiger partial charge in [-0.15, -0.1) is 0 Å². The number of benzene rings is 2. The van der Waals surface area contributed by atoms with Crippen LogP contribution in [0.1, 0.15) is 16.1 Å². The maximum atomic E-state index is 12.8. The summed E-state index contributed by atoms with van der Waals surface area (Å²) in [6.45, 7) is 0. The summed E-state index contributed by atoms with van der Waals surface area (Å²) in [5.74, 6) is -0.622. The van der Waals surface area contributed by atoms with Crippen LogP contribution in [0.5, 0.6) is 0 Å². The Balaban J connectivity index is 1.40. The molecule has 5 nitrogen and oxygen atoms in total. The Kier molecular flexibility index (Phi) is 4.29. The number of carbonyl (C=O) groups is 2. The molecule has 5 heteroatoms. The van der Waals surface area contributed by atoms with Gasteiger partial charge in [-0.2, -0.15) is 0 Å². The van der Waals surface area contributed by atoms with Crippen LogP contribution in [-0.2, 0) is 11.8 Å². The van der Waals surface area contributed by atoms with E-state index in [1.807, 2.05) is 90.5 Å². The van der Waals surface area contributed by atoms with Gasteiger partial charge in [-0.05, 0) is 35.4 Å². The van der Waals surface area contributed by atoms with Gasteiger partial charge in [0, 0.05) is 35.4 Å². The van der Waals surface area contributed by atoms with Gasteiger partial charge in [0.1, 0.15) is 5.69 Å². The smallest absolute Gasteiger partial charge is 0.272 e. The molecular formula is C25H19N3O2. The van der Waals surface area contributed by atoms with Crippen molar-refractivity contribution in [3.63, 3.8) is 0 Å². The second kappa shape index (κ2) is 7.12. The highest BCUT2D eigenvalue weighted by molar-refractivity contribution is 6.19. The normalized spacial score (nSPS) is 17.5. The summed E-state index contributed by atoms with van der Waals surface area (Å²) in [6.07, 6.45) is 9.25. The quantitative estimate of drug-likeness (QED) is 0.710. The molecule has 3 aromatic rings. The van der Waals surface area contributed by atoms with Gasteiger partial charge < -0.3 is 9.88 Å². The van der Waals surface area contributed by atoms with Gasteiger partial charge in [-0.25, -0.2) is 4.99 Å². The van der Waals surface area contributed by atoms with Crippen molar-refractivity contribution in [1.29, 1.82) is 0 Å². The molecule has 2 heterocycles. The Morgan fingerprint density at radius 1 is 1.07 bits per heavy atom. The molecule has 5 rings (SSSR count). The van der Waals surface area contributed by atoms with Crippen molar-refractivity contribution in [3.05, 3.63) is 95.7 Å². The van der Waals surface area contributed by atoms with E-state index >= 15 is 0 Å². The highest BCUT2D eigenvalue weighted by Crippen LogP contribution is 2.31. The molecule has 2 amide bonds. The van der Waals surface area contributed by atoms with Gasteiger partial charge in [0.25, 0.3) is 11.8 Å². The van der Waals surface area contributed by atoms with Crippen molar-refractivity contribution < 1.29 is 9.59 Å². The lowest BCUT2D eigenvalue weighted by atomic mass is 9.85. The van der Waals surface area contributed by atoms with Crippen LogP contribution in [0, 0.1) is 5.92 Å². The van der Waals surface area contributed by atoms with Crippen molar-refractivity contribution in [1.82, 2.24) is 4.57 Å². The number of allylic oxidation sites excluding steroid dienone is 4. The topological polar surface area (TPSA) is 63.5 Å². The highest BCUT2D eigenvalue weighted by Gasteiger charge is 2.26. The number of aromatic nitrogens is 1. The number of anilines is 1. The molecule has 0 fully saturated rings. The standard InChI is InChI=1S/C25H19N3O2/c1-28-22-9-5-2-6-17(22)14-23(28)25(30)27-18-12-10-16(11-13-18)21-15-26-24(29)20-8-4-3-7-19(20)21/h2-15,20H,1H3,(H,27,30). The Hall–Kier alpha value is -3.99. The first-order chi connectivity index (χ1) is 14.6. The Bertz CT molecular complexity index is 1300. The number of aryl methyl sites for hydroxylation is 1. The maximum Gasteiger partial charge on any atom is 0.272 e. The maximum absolute atomic E-state index is 12.8. The minimum atomic E-state index is -0.319. The first-order valence-electron chi connectivity index (χ1n) is 9.75. The minimum Gasteiger partial charge on any atom is -0.340 e. The van der Waals surface area contributed by atoms with Crippen molar-refractivity contribution in [2.75, 3.05) is 5.32 Å². The minimum absolute atomic E-state index is 0.145. The molecule has 2 aliphatic rings. The lowest BCUT2D eigenvalue weighted by Crippen LogP contribution is -2.19. The van der Waals surface area contributed by atoms with E-state index in [1.165, 1.54) is 0 Å². The summed E-state index contributed by atoms with van der Waals surface area (Å²) in [5.41, 5.74) is 5.15. The van der Waals surface area contributed by atoms with E-state index in [9.17, 15) is 9.59 Å². The van der Waals surface area contributed by atoms with Gasteiger partial charge >= 0.3 is 0 Å². The van der Waals surface area contributed by atoms with Gasteiger partial charge in [0.2, 0.25) is 0 Å². The van der Waals surface area contributed by atoms with Crippen molar-refractivity contribution in [2.24, 2.45) is 18.0 Å². The molecular weight excluding hydrogens is 374 g/mol. The van der Waals surface area contributed by atoms with Crippen molar-refractivity contribution in [3.8, 4) is 0 Å². The predicted molar refractivity (Wildman–Crippen MR) is 120 cm³/mol. The second-order valence-electron chi connectivity index (χ2n) is 7.37. The number of nitrogens with one attached hydrogen (secondary N) is 1. The number of amides is 2. The van der Waals surface area contributed by atoms with Crippen LogP contribution in [0.4, 0.5) is 5.69 Å². The van der Waals surface area contributed by atoms with E-state index < -0.39 is 0 Å². The average molecular weight is 393 g/mol. The largest absolute Gasteiger partial charge is 0.340 e. The number of dihydropyridines is 1. The Morgan fingerprint density at radius 2 is 1.87 bits per heavy atom. The Labute approximate surface area is 173 Å². The molecule has 1 N–H and O–H groups in total. The molecule has 1 unspecified atom stereocenters. The number of rotatable bonds is 3. The average Bonchev–Trinajstić information content (AvgIpc) is 3.12. The molecule has 0 spiro atoms. The number of fused-ring (bicyclic) bond motifs is 2. The number of carbonyl (C=O) groups excluding carboxylic acids is 2. The molecule has 0 saturated carbocycles. The number of para-hydroxylation sites is 1. The number of aliphatic imine (C=N–C) groups is 1. The van der Waals surface area contributed by atoms with Crippen molar-refractivity contribution >= 4 is 40.2 Å². The lowest BCUT2D eigenvalue weighted by Gasteiger charge is -2.21. The van der Waals surface area contributed by atoms with E-state index in [2.05, 4.69) is 10.3 Å². The molecule has 2 aromatic carbocycles. The van der Waals surface area contributed by atoms with E-state index in [0.717, 1.165) is 27.6 Å². The fourth-order valence-electron chi connectivity index (χ4n) is 3.97. The first kappa shape index (κ1) is 18.1. The predicted octanol–water partition coefficient (Wildman–Crippen LogP) is 4.54. The SMILES string of the molecule is Cn1c(C(=O)Nc2ccc(C3=C4C=CC=CC4C(=O)N=C3)cc2)cc2ccccc21. The van der Waals surface area contributed by atoms with Crippen LogP contribution >= 0.6 is 0 Å². The molecule has 0 radical (unpaired) electrons. The fourth-order valence-corrected chi connectivity index (χ4v) is 3.97. The van der Waals surface area contributed by atoms with Gasteiger partial charge in [-0.3, -0.25) is 9.59 Å². The molecule has 146 valence electrons. The molecule has 1 atom stereocenters. The van der Waals surface area contributed by atoms with Crippen LogP contribution < -0.4 is 5.32 Å². The number of nitrogens with zero attached hydrogens (tertiary/aromatic N) is 2. The van der Waals surface area contributed by atoms with Gasteiger partial charge in [0.15, 0.2) is 0 Å². The van der Waals surface area contributed by atoms with Crippen LogP contribution in [0.2, 0.25) is 0 Å². The summed E-state index contributed by atoms with van der Waals surface area (Å²) in [4.78, 5) is 28.9. The third-order valence-electron chi connectivity index (χ3n) is 5.56. The number of hydrogen-bond acceptors (Lipinski definition) is 2. The summed E-state index contributed by atoms with van der Waals surface area (Å²) >= 11 is 0. The van der Waals surface area contributed by atoms with E-state index in [1.54, 1.807) is 6.21 Å².